The van der Waals surface area contributed by atoms with Gasteiger partial charge in [-0.25, -0.2) is 0 Å². The maximum absolute atomic E-state index is 13.0. The molecule has 28 heavy (non-hydrogen) atoms. The molecule has 2 rings (SSSR count). The third-order valence-electron chi connectivity index (χ3n) is 3.70. The highest BCUT2D eigenvalue weighted by molar-refractivity contribution is 7.53. The first-order chi connectivity index (χ1) is 13.5. The molecule has 0 aliphatic heterocycles. The van der Waals surface area contributed by atoms with E-state index in [9.17, 15) is 14.2 Å². The van der Waals surface area contributed by atoms with Crippen LogP contribution in [0.3, 0.4) is 0 Å². The highest BCUT2D eigenvalue weighted by atomic mass is 31.2. The fourth-order valence-corrected chi connectivity index (χ4v) is 3.43. The molecule has 0 spiro atoms. The third kappa shape index (κ3) is 8.48. The Hall–Kier alpha value is -2.47. The molecule has 0 bridgehead atoms. The van der Waals surface area contributed by atoms with Crippen LogP contribution < -0.4 is 0 Å². The van der Waals surface area contributed by atoms with E-state index in [-0.39, 0.29) is 32.5 Å². The fraction of sp³-hybridized carbons (Fsp3) is 0.300. The van der Waals surface area contributed by atoms with E-state index in [0.29, 0.717) is 0 Å². The molecule has 2 aromatic carbocycles. The molecule has 0 aliphatic rings. The van der Waals surface area contributed by atoms with Crippen LogP contribution in [-0.2, 0) is 41.2 Å². The monoisotopic (exact) mass is 406 g/mol. The molecule has 8 heteroatoms. The van der Waals surface area contributed by atoms with Gasteiger partial charge < -0.3 is 18.9 Å². The van der Waals surface area contributed by atoms with Crippen molar-refractivity contribution in [2.75, 3.05) is 6.35 Å². The molecule has 0 radical (unpaired) electrons. The largest absolute Gasteiger partial charge is 0.481 e. The van der Waals surface area contributed by atoms with Crippen molar-refractivity contribution in [2.24, 2.45) is 0 Å². The number of carbonyl (C=O) groups is 2. The molecule has 1 N–H and O–H groups in total. The van der Waals surface area contributed by atoms with Crippen LogP contribution in [0.2, 0.25) is 0 Å². The van der Waals surface area contributed by atoms with Crippen LogP contribution in [0, 0.1) is 0 Å². The molecular weight excluding hydrogens is 383 g/mol. The lowest BCUT2D eigenvalue weighted by atomic mass is 10.2. The second-order valence-electron chi connectivity index (χ2n) is 6.02. The number of esters is 1. The van der Waals surface area contributed by atoms with E-state index in [4.69, 9.17) is 18.9 Å². The maximum Gasteiger partial charge on any atom is 0.368 e. The van der Waals surface area contributed by atoms with Gasteiger partial charge in [-0.05, 0) is 17.5 Å². The molecule has 0 unspecified atom stereocenters. The molecule has 0 heterocycles. The van der Waals surface area contributed by atoms with Crippen molar-refractivity contribution in [1.82, 2.24) is 0 Å². The molecule has 0 aliphatic carbocycles. The van der Waals surface area contributed by atoms with Gasteiger partial charge in [0.15, 0.2) is 6.35 Å². The molecule has 2 aromatic rings. The lowest BCUT2D eigenvalue weighted by Gasteiger charge is -2.19. The first kappa shape index (κ1) is 21.8. The Kier molecular flexibility index (Phi) is 8.88. The van der Waals surface area contributed by atoms with Gasteiger partial charge in [0.2, 0.25) is 0 Å². The van der Waals surface area contributed by atoms with E-state index in [0.717, 1.165) is 11.1 Å². The van der Waals surface area contributed by atoms with Crippen LogP contribution in [0.25, 0.3) is 0 Å². The number of carboxylic acid groups (broad SMARTS) is 1. The quantitative estimate of drug-likeness (QED) is 0.413. The Labute approximate surface area is 163 Å². The summed E-state index contributed by atoms with van der Waals surface area (Å²) in [4.78, 5) is 22.3. The number of hydrogen-bond donors (Lipinski definition) is 1. The van der Waals surface area contributed by atoms with Gasteiger partial charge in [0.1, 0.15) is 0 Å². The predicted octanol–water partition coefficient (Wildman–Crippen LogP) is 4.37. The highest BCUT2D eigenvalue weighted by Gasteiger charge is 2.27. The van der Waals surface area contributed by atoms with Crippen LogP contribution in [0.5, 0.6) is 0 Å². The normalized spacial score (nSPS) is 11.1. The SMILES string of the molecule is O=C(O)CCCC(=O)OCP(=O)(OCc1ccccc1)OCc1ccccc1. The van der Waals surface area contributed by atoms with Crippen molar-refractivity contribution < 1.29 is 33.0 Å². The molecule has 150 valence electrons. The van der Waals surface area contributed by atoms with Crippen molar-refractivity contribution in [1.29, 1.82) is 0 Å². The van der Waals surface area contributed by atoms with E-state index >= 15 is 0 Å². The first-order valence-electron chi connectivity index (χ1n) is 8.80. The van der Waals surface area contributed by atoms with Gasteiger partial charge in [0, 0.05) is 12.8 Å². The number of ether oxygens (including phenoxy) is 1. The minimum absolute atomic E-state index is 0.0451. The summed E-state index contributed by atoms with van der Waals surface area (Å²) in [7, 11) is -3.71. The average molecular weight is 406 g/mol. The molecule has 0 saturated heterocycles. The van der Waals surface area contributed by atoms with Crippen LogP contribution in [-0.4, -0.2) is 23.4 Å². The van der Waals surface area contributed by atoms with Gasteiger partial charge in [0.25, 0.3) is 0 Å². The number of carboxylic acids is 1. The van der Waals surface area contributed by atoms with E-state index < -0.39 is 25.9 Å². The first-order valence-corrected chi connectivity index (χ1v) is 10.5. The Morgan fingerprint density at radius 3 is 1.79 bits per heavy atom. The van der Waals surface area contributed by atoms with E-state index in [2.05, 4.69) is 0 Å². The van der Waals surface area contributed by atoms with Gasteiger partial charge in [-0.1, -0.05) is 60.7 Å². The van der Waals surface area contributed by atoms with Crippen molar-refractivity contribution in [3.63, 3.8) is 0 Å². The Balaban J connectivity index is 1.93. The average Bonchev–Trinajstić information content (AvgIpc) is 2.71. The van der Waals surface area contributed by atoms with Crippen LogP contribution >= 0.6 is 7.60 Å². The Morgan fingerprint density at radius 1 is 0.821 bits per heavy atom. The maximum atomic E-state index is 13.0. The van der Waals surface area contributed by atoms with Crippen LogP contribution in [0.1, 0.15) is 30.4 Å². The predicted molar refractivity (Wildman–Crippen MR) is 103 cm³/mol. The Bertz CT molecular complexity index is 745. The standard InChI is InChI=1S/C20H23O7P/c21-19(22)12-7-13-20(23)25-16-28(24,26-14-17-8-3-1-4-9-17)27-15-18-10-5-2-6-11-18/h1-6,8-11H,7,12-16H2,(H,21,22). The van der Waals surface area contributed by atoms with Crippen molar-refractivity contribution in [3.8, 4) is 0 Å². The minimum Gasteiger partial charge on any atom is -0.481 e. The molecule has 0 atom stereocenters. The zero-order valence-electron chi connectivity index (χ0n) is 15.4. The molecular formula is C20H23O7P. The van der Waals surface area contributed by atoms with Gasteiger partial charge in [0.05, 0.1) is 13.2 Å². The van der Waals surface area contributed by atoms with Gasteiger partial charge in [-0.3, -0.25) is 14.2 Å². The van der Waals surface area contributed by atoms with E-state index in [1.54, 1.807) is 0 Å². The topological polar surface area (TPSA) is 99.1 Å². The molecule has 7 nitrogen and oxygen atoms in total. The molecule has 0 saturated carbocycles. The number of rotatable bonds is 12. The van der Waals surface area contributed by atoms with Crippen LogP contribution in [0.4, 0.5) is 0 Å². The lowest BCUT2D eigenvalue weighted by Crippen LogP contribution is -2.10. The van der Waals surface area contributed by atoms with E-state index in [1.165, 1.54) is 0 Å². The zero-order chi connectivity index (χ0) is 20.2. The number of carbonyl (C=O) groups excluding carboxylic acids is 1. The molecule has 0 aromatic heterocycles. The fourth-order valence-electron chi connectivity index (χ4n) is 2.21. The van der Waals surface area contributed by atoms with Gasteiger partial charge in [-0.15, -0.1) is 0 Å². The summed E-state index contributed by atoms with van der Waals surface area (Å²) in [6.45, 7) is 0.0902. The van der Waals surface area contributed by atoms with Crippen molar-refractivity contribution >= 4 is 19.5 Å². The Morgan fingerprint density at radius 2 is 1.32 bits per heavy atom. The van der Waals surface area contributed by atoms with E-state index in [1.807, 2.05) is 60.7 Å². The summed E-state index contributed by atoms with van der Waals surface area (Å²) in [5.41, 5.74) is 1.61. The minimum atomic E-state index is -3.71. The third-order valence-corrected chi connectivity index (χ3v) is 5.19. The highest BCUT2D eigenvalue weighted by Crippen LogP contribution is 2.49. The summed E-state index contributed by atoms with van der Waals surface area (Å²) < 4.78 is 29.0. The molecule has 0 fully saturated rings. The van der Waals surface area contributed by atoms with Crippen molar-refractivity contribution in [3.05, 3.63) is 71.8 Å². The van der Waals surface area contributed by atoms with Crippen LogP contribution in [0.15, 0.2) is 60.7 Å². The van der Waals surface area contributed by atoms with Crippen molar-refractivity contribution in [2.45, 2.75) is 32.5 Å². The smallest absolute Gasteiger partial charge is 0.368 e. The summed E-state index contributed by atoms with van der Waals surface area (Å²) in [6.07, 6.45) is -0.599. The second kappa shape index (κ2) is 11.4. The number of aliphatic carboxylic acids is 1. The second-order valence-corrected chi connectivity index (χ2v) is 8.02. The summed E-state index contributed by atoms with van der Waals surface area (Å²) in [5, 5.41) is 8.61. The number of benzene rings is 2. The molecule has 0 amide bonds. The summed E-state index contributed by atoms with van der Waals surface area (Å²) >= 11 is 0. The van der Waals surface area contributed by atoms with Gasteiger partial charge >= 0.3 is 19.5 Å². The lowest BCUT2D eigenvalue weighted by molar-refractivity contribution is -0.142. The number of hydrogen-bond acceptors (Lipinski definition) is 6. The summed E-state index contributed by atoms with van der Waals surface area (Å²) in [5.74, 6) is -1.64. The zero-order valence-corrected chi connectivity index (χ0v) is 16.3. The van der Waals surface area contributed by atoms with Gasteiger partial charge in [-0.2, -0.15) is 0 Å². The summed E-state index contributed by atoms with van der Waals surface area (Å²) in [6, 6.07) is 18.3.